The third-order valence-corrected chi connectivity index (χ3v) is 5.60. The van der Waals surface area contributed by atoms with Crippen LogP contribution in [0.4, 0.5) is 11.1 Å². The molecule has 1 amide bonds. The van der Waals surface area contributed by atoms with E-state index in [0.717, 1.165) is 15.7 Å². The van der Waals surface area contributed by atoms with Gasteiger partial charge >= 0.3 is 5.97 Å². The Bertz CT molecular complexity index is 1270. The van der Waals surface area contributed by atoms with Gasteiger partial charge < -0.3 is 20.3 Å². The second kappa shape index (κ2) is 7.34. The summed E-state index contributed by atoms with van der Waals surface area (Å²) in [6.07, 6.45) is 0. The zero-order chi connectivity index (χ0) is 20.7. The molecule has 0 radical (unpaired) electrons. The Morgan fingerprint density at radius 2 is 1.97 bits per heavy atom. The van der Waals surface area contributed by atoms with Crippen LogP contribution >= 0.6 is 22.9 Å². The third-order valence-electron chi connectivity index (χ3n) is 4.43. The molecule has 0 aliphatic rings. The number of amides is 1. The van der Waals surface area contributed by atoms with E-state index in [1.165, 1.54) is 18.3 Å². The van der Waals surface area contributed by atoms with E-state index >= 15 is 0 Å². The summed E-state index contributed by atoms with van der Waals surface area (Å²) in [4.78, 5) is 32.3. The highest BCUT2D eigenvalue weighted by Crippen LogP contribution is 2.31. The fourth-order valence-corrected chi connectivity index (χ4v) is 3.98. The van der Waals surface area contributed by atoms with Gasteiger partial charge in [-0.05, 0) is 43.3 Å². The molecule has 1 atom stereocenters. The molecule has 0 aliphatic heterocycles. The summed E-state index contributed by atoms with van der Waals surface area (Å²) in [6, 6.07) is 9.56. The van der Waals surface area contributed by atoms with Gasteiger partial charge in [0.15, 0.2) is 5.13 Å². The summed E-state index contributed by atoms with van der Waals surface area (Å²) in [7, 11) is 1.86. The minimum Gasteiger partial charge on any atom is -0.480 e. The number of thiazole rings is 1. The van der Waals surface area contributed by atoms with Crippen LogP contribution in [0, 0.1) is 0 Å². The number of aryl methyl sites for hydroxylation is 1. The van der Waals surface area contributed by atoms with Crippen molar-refractivity contribution in [2.45, 2.75) is 13.0 Å². The van der Waals surface area contributed by atoms with Crippen molar-refractivity contribution in [2.24, 2.45) is 7.05 Å². The van der Waals surface area contributed by atoms with Crippen molar-refractivity contribution in [1.29, 1.82) is 0 Å². The van der Waals surface area contributed by atoms with Gasteiger partial charge in [-0.1, -0.05) is 22.9 Å². The summed E-state index contributed by atoms with van der Waals surface area (Å²) in [6.45, 7) is 1.41. The SMILES string of the molecule is CC(NC(=O)c1ccc2c(c1)nc(Nc1nc3ccc(Cl)cc3s1)n2C)C(=O)O. The lowest BCUT2D eigenvalue weighted by atomic mass is 10.1. The standard InChI is InChI=1S/C19H16ClN5O3S/c1-9(17(27)28)21-16(26)10-3-6-14-13(7-10)22-18(25(14)2)24-19-23-12-5-4-11(20)8-15(12)29-19/h3-9H,1-2H3,(H,21,26)(H,27,28)(H,22,23,24). The molecule has 29 heavy (non-hydrogen) atoms. The maximum absolute atomic E-state index is 12.3. The summed E-state index contributed by atoms with van der Waals surface area (Å²) < 4.78 is 2.82. The summed E-state index contributed by atoms with van der Waals surface area (Å²) >= 11 is 7.50. The van der Waals surface area contributed by atoms with Gasteiger partial charge in [-0.25, -0.2) is 9.97 Å². The molecule has 2 aromatic heterocycles. The number of carboxylic acid groups (broad SMARTS) is 1. The number of hydrogen-bond acceptors (Lipinski definition) is 6. The van der Waals surface area contributed by atoms with Crippen LogP contribution in [0.3, 0.4) is 0 Å². The summed E-state index contributed by atoms with van der Waals surface area (Å²) in [5.74, 6) is -0.993. The van der Waals surface area contributed by atoms with Crippen molar-refractivity contribution in [3.05, 3.63) is 47.0 Å². The first kappa shape index (κ1) is 19.2. The number of fused-ring (bicyclic) bond motifs is 2. The summed E-state index contributed by atoms with van der Waals surface area (Å²) in [5, 5.41) is 15.9. The molecule has 2 aromatic carbocycles. The monoisotopic (exact) mass is 429 g/mol. The molecule has 148 valence electrons. The number of nitrogens with zero attached hydrogens (tertiary/aromatic N) is 3. The van der Waals surface area contributed by atoms with Gasteiger partial charge in [-0.2, -0.15) is 0 Å². The average Bonchev–Trinajstić information content (AvgIpc) is 3.21. The van der Waals surface area contributed by atoms with Crippen molar-refractivity contribution in [3.8, 4) is 0 Å². The van der Waals surface area contributed by atoms with Crippen molar-refractivity contribution < 1.29 is 14.7 Å². The number of imidazole rings is 1. The van der Waals surface area contributed by atoms with E-state index in [4.69, 9.17) is 16.7 Å². The molecule has 3 N–H and O–H groups in total. The lowest BCUT2D eigenvalue weighted by molar-refractivity contribution is -0.138. The van der Waals surface area contributed by atoms with Crippen LogP contribution in [0.25, 0.3) is 21.3 Å². The largest absolute Gasteiger partial charge is 0.480 e. The molecule has 0 fully saturated rings. The average molecular weight is 430 g/mol. The van der Waals surface area contributed by atoms with E-state index in [1.807, 2.05) is 23.7 Å². The normalized spacial score (nSPS) is 12.2. The number of carbonyl (C=O) groups excluding carboxylic acids is 1. The number of benzene rings is 2. The Balaban J connectivity index is 1.62. The topological polar surface area (TPSA) is 109 Å². The second-order valence-corrected chi connectivity index (χ2v) is 7.95. The maximum Gasteiger partial charge on any atom is 0.325 e. The van der Waals surface area contributed by atoms with Gasteiger partial charge in [0, 0.05) is 17.6 Å². The van der Waals surface area contributed by atoms with Crippen LogP contribution in [0.5, 0.6) is 0 Å². The predicted octanol–water partition coefficient (Wildman–Crippen LogP) is 3.78. The molecule has 4 rings (SSSR count). The molecule has 0 saturated carbocycles. The molecule has 8 nitrogen and oxygen atoms in total. The first-order chi connectivity index (χ1) is 13.8. The highest BCUT2D eigenvalue weighted by Gasteiger charge is 2.17. The molecule has 0 spiro atoms. The van der Waals surface area contributed by atoms with Gasteiger partial charge in [0.05, 0.1) is 21.3 Å². The van der Waals surface area contributed by atoms with Crippen molar-refractivity contribution in [2.75, 3.05) is 5.32 Å². The quantitative estimate of drug-likeness (QED) is 0.445. The molecule has 4 aromatic rings. The highest BCUT2D eigenvalue weighted by molar-refractivity contribution is 7.22. The molecule has 0 saturated heterocycles. The Hall–Kier alpha value is -3.17. The molecule has 1 unspecified atom stereocenters. The molecule has 2 heterocycles. The van der Waals surface area contributed by atoms with Crippen LogP contribution in [0.1, 0.15) is 17.3 Å². The van der Waals surface area contributed by atoms with Crippen LogP contribution in [-0.4, -0.2) is 37.6 Å². The van der Waals surface area contributed by atoms with Crippen LogP contribution < -0.4 is 10.6 Å². The Morgan fingerprint density at radius 1 is 1.17 bits per heavy atom. The molecular formula is C19H16ClN5O3S. The molecule has 10 heteroatoms. The lowest BCUT2D eigenvalue weighted by Gasteiger charge is -2.09. The number of aliphatic carboxylic acids is 1. The van der Waals surface area contributed by atoms with Gasteiger partial charge in [0.2, 0.25) is 5.95 Å². The Kier molecular flexibility index (Phi) is 4.85. The summed E-state index contributed by atoms with van der Waals surface area (Å²) in [5.41, 5.74) is 2.60. The van der Waals surface area contributed by atoms with Gasteiger partial charge in [0.1, 0.15) is 6.04 Å². The van der Waals surface area contributed by atoms with Crippen molar-refractivity contribution >= 4 is 67.1 Å². The van der Waals surface area contributed by atoms with Crippen molar-refractivity contribution in [1.82, 2.24) is 19.9 Å². The number of carbonyl (C=O) groups is 2. The zero-order valence-electron chi connectivity index (χ0n) is 15.4. The number of anilines is 2. The maximum atomic E-state index is 12.3. The third kappa shape index (κ3) is 3.74. The first-order valence-corrected chi connectivity index (χ1v) is 9.84. The number of halogens is 1. The fraction of sp³-hybridized carbons (Fsp3) is 0.158. The smallest absolute Gasteiger partial charge is 0.325 e. The minimum absolute atomic E-state index is 0.338. The van der Waals surface area contributed by atoms with Gasteiger partial charge in [-0.3, -0.25) is 9.59 Å². The lowest BCUT2D eigenvalue weighted by Crippen LogP contribution is -2.38. The van der Waals surface area contributed by atoms with Crippen LogP contribution in [0.2, 0.25) is 5.02 Å². The fourth-order valence-electron chi connectivity index (χ4n) is 2.84. The minimum atomic E-state index is -1.10. The van der Waals surface area contributed by atoms with Gasteiger partial charge in [-0.15, -0.1) is 0 Å². The predicted molar refractivity (Wildman–Crippen MR) is 113 cm³/mol. The van der Waals surface area contributed by atoms with E-state index in [0.29, 0.717) is 27.2 Å². The Labute approximate surface area is 174 Å². The highest BCUT2D eigenvalue weighted by atomic mass is 35.5. The van der Waals surface area contributed by atoms with Crippen molar-refractivity contribution in [3.63, 3.8) is 0 Å². The van der Waals surface area contributed by atoms with E-state index in [2.05, 4.69) is 20.6 Å². The molecule has 0 bridgehead atoms. The number of hydrogen-bond donors (Lipinski definition) is 3. The number of nitrogens with one attached hydrogen (secondary N) is 2. The van der Waals surface area contributed by atoms with Gasteiger partial charge in [0.25, 0.3) is 5.91 Å². The van der Waals surface area contributed by atoms with E-state index in [-0.39, 0.29) is 0 Å². The molecular weight excluding hydrogens is 414 g/mol. The molecule has 0 aliphatic carbocycles. The van der Waals surface area contributed by atoms with E-state index in [9.17, 15) is 9.59 Å². The number of rotatable bonds is 5. The van der Waals surface area contributed by atoms with Crippen LogP contribution in [0.15, 0.2) is 36.4 Å². The Morgan fingerprint density at radius 3 is 2.72 bits per heavy atom. The number of carboxylic acids is 1. The zero-order valence-corrected chi connectivity index (χ0v) is 17.0. The number of aromatic nitrogens is 3. The van der Waals surface area contributed by atoms with E-state index < -0.39 is 17.9 Å². The first-order valence-electron chi connectivity index (χ1n) is 8.65. The second-order valence-electron chi connectivity index (χ2n) is 6.49. The van der Waals surface area contributed by atoms with E-state index in [1.54, 1.807) is 24.3 Å². The van der Waals surface area contributed by atoms with Crippen LogP contribution in [-0.2, 0) is 11.8 Å².